The maximum absolute atomic E-state index is 11.1. The Morgan fingerprint density at radius 2 is 2.28 bits per heavy atom. The second-order valence-corrected chi connectivity index (χ2v) is 6.45. The minimum absolute atomic E-state index is 0.0588. The Hall–Kier alpha value is -0.710. The minimum Gasteiger partial charge on any atom is -0.359 e. The molecule has 18 heavy (non-hydrogen) atoms. The quantitative estimate of drug-likeness (QED) is 0.821. The summed E-state index contributed by atoms with van der Waals surface area (Å²) in [6.07, 6.45) is 5.63. The standard InChI is InChI=1S/C13H23N3OS/c1-10-3-6-13(7-4-10)9-18-12(16-13)15-8-5-11(17)14-2/h10H,3-9H2,1-2H3,(H,14,17)(H,15,16). The van der Waals surface area contributed by atoms with Crippen molar-refractivity contribution in [3.8, 4) is 0 Å². The first-order valence-corrected chi connectivity index (χ1v) is 7.78. The van der Waals surface area contributed by atoms with E-state index in [0.717, 1.165) is 16.8 Å². The van der Waals surface area contributed by atoms with Crippen LogP contribution in [0.4, 0.5) is 0 Å². The molecule has 1 amide bonds. The van der Waals surface area contributed by atoms with Gasteiger partial charge in [-0.2, -0.15) is 0 Å². The van der Waals surface area contributed by atoms with Crippen LogP contribution >= 0.6 is 11.8 Å². The van der Waals surface area contributed by atoms with Gasteiger partial charge in [-0.1, -0.05) is 18.7 Å². The lowest BCUT2D eigenvalue weighted by atomic mass is 9.78. The predicted molar refractivity (Wildman–Crippen MR) is 76.9 cm³/mol. The third-order valence-corrected chi connectivity index (χ3v) is 5.16. The van der Waals surface area contributed by atoms with Gasteiger partial charge in [0.2, 0.25) is 5.91 Å². The molecule has 0 unspecified atom stereocenters. The van der Waals surface area contributed by atoms with Crippen molar-refractivity contribution in [3.63, 3.8) is 0 Å². The molecule has 0 bridgehead atoms. The van der Waals surface area contributed by atoms with Crippen LogP contribution in [-0.2, 0) is 4.79 Å². The average Bonchev–Trinajstić information content (AvgIpc) is 2.77. The second kappa shape index (κ2) is 5.95. The summed E-state index contributed by atoms with van der Waals surface area (Å²) in [5.74, 6) is 2.07. The van der Waals surface area contributed by atoms with E-state index in [-0.39, 0.29) is 5.91 Å². The first-order chi connectivity index (χ1) is 8.63. The number of nitrogens with one attached hydrogen (secondary N) is 2. The molecule has 0 radical (unpaired) electrons. The van der Waals surface area contributed by atoms with E-state index in [9.17, 15) is 4.79 Å². The Bertz CT molecular complexity index is 335. The molecule has 0 atom stereocenters. The van der Waals surface area contributed by atoms with Crippen molar-refractivity contribution in [3.05, 3.63) is 0 Å². The number of amidine groups is 1. The van der Waals surface area contributed by atoms with E-state index in [4.69, 9.17) is 0 Å². The fourth-order valence-electron chi connectivity index (χ4n) is 2.56. The van der Waals surface area contributed by atoms with Crippen LogP contribution in [0.3, 0.4) is 0 Å². The summed E-state index contributed by atoms with van der Waals surface area (Å²) in [5.41, 5.74) is 0.295. The number of thioether (sulfide) groups is 1. The van der Waals surface area contributed by atoms with Gasteiger partial charge in [-0.05, 0) is 31.6 Å². The fourth-order valence-corrected chi connectivity index (χ4v) is 3.80. The molecule has 1 heterocycles. The molecule has 1 saturated heterocycles. The van der Waals surface area contributed by atoms with Gasteiger partial charge >= 0.3 is 0 Å². The zero-order valence-electron chi connectivity index (χ0n) is 11.3. The van der Waals surface area contributed by atoms with Crippen LogP contribution in [0.1, 0.15) is 39.0 Å². The molecule has 2 fully saturated rings. The van der Waals surface area contributed by atoms with Gasteiger partial charge in [0.05, 0.1) is 6.54 Å². The minimum atomic E-state index is 0.0588. The largest absolute Gasteiger partial charge is 0.359 e. The van der Waals surface area contributed by atoms with Gasteiger partial charge in [-0.15, -0.1) is 0 Å². The number of rotatable bonds is 3. The van der Waals surface area contributed by atoms with Crippen molar-refractivity contribution < 1.29 is 4.79 Å². The number of carbonyl (C=O) groups excluding carboxylic acids is 1. The molecule has 2 aliphatic rings. The maximum Gasteiger partial charge on any atom is 0.221 e. The van der Waals surface area contributed by atoms with Crippen LogP contribution < -0.4 is 10.6 Å². The van der Waals surface area contributed by atoms with E-state index >= 15 is 0 Å². The molecule has 102 valence electrons. The maximum atomic E-state index is 11.1. The van der Waals surface area contributed by atoms with Gasteiger partial charge in [0.25, 0.3) is 0 Å². The molecule has 0 aromatic heterocycles. The number of carbonyl (C=O) groups is 1. The van der Waals surface area contributed by atoms with Crippen molar-refractivity contribution in [1.29, 1.82) is 0 Å². The van der Waals surface area contributed by atoms with Crippen molar-refractivity contribution in [1.82, 2.24) is 10.6 Å². The van der Waals surface area contributed by atoms with Crippen LogP contribution in [0.15, 0.2) is 4.99 Å². The zero-order valence-corrected chi connectivity index (χ0v) is 12.1. The predicted octanol–water partition coefficient (Wildman–Crippen LogP) is 1.76. The summed E-state index contributed by atoms with van der Waals surface area (Å²) in [6.45, 7) is 2.93. The summed E-state index contributed by atoms with van der Waals surface area (Å²) >= 11 is 1.82. The van der Waals surface area contributed by atoms with E-state index < -0.39 is 0 Å². The van der Waals surface area contributed by atoms with Gasteiger partial charge in [0, 0.05) is 24.8 Å². The lowest BCUT2D eigenvalue weighted by Gasteiger charge is -2.35. The van der Waals surface area contributed by atoms with E-state index in [0.29, 0.717) is 18.5 Å². The summed E-state index contributed by atoms with van der Waals surface area (Å²) in [5, 5.41) is 7.25. The highest BCUT2D eigenvalue weighted by Crippen LogP contribution is 2.38. The first-order valence-electron chi connectivity index (χ1n) is 6.79. The molecular weight excluding hydrogens is 246 g/mol. The van der Waals surface area contributed by atoms with E-state index in [1.165, 1.54) is 25.7 Å². The molecular formula is C13H23N3OS. The molecule has 0 aromatic carbocycles. The summed E-state index contributed by atoms with van der Waals surface area (Å²) in [6, 6.07) is 0. The third kappa shape index (κ3) is 3.40. The highest BCUT2D eigenvalue weighted by Gasteiger charge is 2.39. The topological polar surface area (TPSA) is 53.5 Å². The van der Waals surface area contributed by atoms with Crippen LogP contribution in [0, 0.1) is 5.92 Å². The summed E-state index contributed by atoms with van der Waals surface area (Å²) in [4.78, 5) is 15.6. The van der Waals surface area contributed by atoms with Crippen molar-refractivity contribution in [2.45, 2.75) is 44.6 Å². The van der Waals surface area contributed by atoms with E-state index in [1.54, 1.807) is 7.05 Å². The van der Waals surface area contributed by atoms with Crippen LogP contribution in [0.25, 0.3) is 0 Å². The van der Waals surface area contributed by atoms with E-state index in [2.05, 4.69) is 22.5 Å². The Morgan fingerprint density at radius 3 is 2.94 bits per heavy atom. The molecule has 2 N–H and O–H groups in total. The van der Waals surface area contributed by atoms with Crippen LogP contribution in [0.5, 0.6) is 0 Å². The third-order valence-electron chi connectivity index (χ3n) is 3.96. The molecule has 1 saturated carbocycles. The highest BCUT2D eigenvalue weighted by molar-refractivity contribution is 8.14. The Labute approximate surface area is 113 Å². The lowest BCUT2D eigenvalue weighted by molar-refractivity contribution is -0.120. The molecule has 2 rings (SSSR count). The number of amides is 1. The van der Waals surface area contributed by atoms with Gasteiger partial charge in [-0.3, -0.25) is 9.79 Å². The number of aliphatic imine (C=N–C) groups is 1. The SMILES string of the molecule is CNC(=O)CCN=C1NC2(CCC(C)CC2)CS1. The zero-order chi connectivity index (χ0) is 13.0. The molecule has 5 heteroatoms. The van der Waals surface area contributed by atoms with Crippen molar-refractivity contribution in [2.24, 2.45) is 10.9 Å². The molecule has 1 aliphatic carbocycles. The normalized spacial score (nSPS) is 33.7. The average molecular weight is 269 g/mol. The van der Waals surface area contributed by atoms with Gasteiger partial charge in [0.1, 0.15) is 0 Å². The van der Waals surface area contributed by atoms with Crippen LogP contribution in [0.2, 0.25) is 0 Å². The monoisotopic (exact) mass is 269 g/mol. The van der Waals surface area contributed by atoms with Crippen molar-refractivity contribution in [2.75, 3.05) is 19.3 Å². The van der Waals surface area contributed by atoms with Gasteiger partial charge in [-0.25, -0.2) is 0 Å². The molecule has 0 aromatic rings. The summed E-state index contributed by atoms with van der Waals surface area (Å²) in [7, 11) is 1.66. The fraction of sp³-hybridized carbons (Fsp3) is 0.846. The lowest BCUT2D eigenvalue weighted by Crippen LogP contribution is -2.46. The summed E-state index contributed by atoms with van der Waals surface area (Å²) < 4.78 is 0. The Morgan fingerprint density at radius 1 is 1.56 bits per heavy atom. The van der Waals surface area contributed by atoms with Gasteiger partial charge in [0.15, 0.2) is 5.17 Å². The molecule has 1 spiro atoms. The number of hydrogen-bond acceptors (Lipinski definition) is 3. The number of nitrogens with zero attached hydrogens (tertiary/aromatic N) is 1. The Kier molecular flexibility index (Phi) is 4.54. The molecule has 1 aliphatic heterocycles. The van der Waals surface area contributed by atoms with E-state index in [1.807, 2.05) is 11.8 Å². The van der Waals surface area contributed by atoms with Crippen molar-refractivity contribution >= 4 is 22.8 Å². The Balaban J connectivity index is 1.80. The highest BCUT2D eigenvalue weighted by atomic mass is 32.2. The number of hydrogen-bond donors (Lipinski definition) is 2. The molecule has 4 nitrogen and oxygen atoms in total. The van der Waals surface area contributed by atoms with Crippen LogP contribution in [-0.4, -0.2) is 36.0 Å². The smallest absolute Gasteiger partial charge is 0.221 e. The van der Waals surface area contributed by atoms with Gasteiger partial charge < -0.3 is 10.6 Å². The second-order valence-electron chi connectivity index (χ2n) is 5.49. The first kappa shape index (κ1) is 13.7.